The van der Waals surface area contributed by atoms with Crippen LogP contribution in [0.1, 0.15) is 42.6 Å². The molecule has 1 aromatic rings. The summed E-state index contributed by atoms with van der Waals surface area (Å²) >= 11 is 1.59. The molecule has 18 heavy (non-hydrogen) atoms. The first-order valence-electron chi connectivity index (χ1n) is 6.44. The summed E-state index contributed by atoms with van der Waals surface area (Å²) < 4.78 is 5.02. The number of rotatable bonds is 3. The van der Waals surface area contributed by atoms with E-state index in [4.69, 9.17) is 4.74 Å². The summed E-state index contributed by atoms with van der Waals surface area (Å²) in [4.78, 5) is 19.4. The Balaban J connectivity index is 2.21. The molecule has 5 heteroatoms. The molecule has 4 nitrogen and oxygen atoms in total. The van der Waals surface area contributed by atoms with Crippen molar-refractivity contribution in [2.45, 2.75) is 40.2 Å². The molecule has 0 amide bonds. The summed E-state index contributed by atoms with van der Waals surface area (Å²) in [7, 11) is 0. The van der Waals surface area contributed by atoms with Crippen molar-refractivity contribution in [3.8, 4) is 0 Å². The largest absolute Gasteiger partial charge is 0.461 e. The van der Waals surface area contributed by atoms with E-state index in [2.05, 4.69) is 23.7 Å². The van der Waals surface area contributed by atoms with E-state index in [0.717, 1.165) is 16.6 Å². The summed E-state index contributed by atoms with van der Waals surface area (Å²) in [6, 6.07) is 0.501. The first kappa shape index (κ1) is 13.3. The number of carbonyl (C=O) groups excluding carboxylic acids is 1. The molecule has 0 N–H and O–H groups in total. The number of ether oxygens (including phenoxy) is 1. The normalized spacial score (nSPS) is 23.4. The highest BCUT2D eigenvalue weighted by Gasteiger charge is 2.29. The van der Waals surface area contributed by atoms with E-state index in [0.29, 0.717) is 24.3 Å². The van der Waals surface area contributed by atoms with E-state index in [9.17, 15) is 4.79 Å². The number of esters is 1. The van der Waals surface area contributed by atoms with Crippen LogP contribution in [0.2, 0.25) is 0 Å². The first-order valence-corrected chi connectivity index (χ1v) is 7.25. The molecule has 0 aromatic carbocycles. The third-order valence-corrected chi connectivity index (χ3v) is 4.29. The molecule has 1 aliphatic heterocycles. The van der Waals surface area contributed by atoms with Crippen LogP contribution in [0.3, 0.4) is 0 Å². The van der Waals surface area contributed by atoms with Crippen LogP contribution >= 0.6 is 11.3 Å². The molecule has 2 unspecified atom stereocenters. The summed E-state index contributed by atoms with van der Waals surface area (Å²) in [6.07, 6.45) is 1.19. The van der Waals surface area contributed by atoms with Gasteiger partial charge in [0.25, 0.3) is 0 Å². The number of aromatic nitrogens is 1. The van der Waals surface area contributed by atoms with Crippen LogP contribution in [0.25, 0.3) is 0 Å². The SMILES string of the molecule is CCOC(=O)c1nc(N2CC(C)CC2C)sc1C. The zero-order chi connectivity index (χ0) is 13.3. The predicted molar refractivity (Wildman–Crippen MR) is 73.4 cm³/mol. The van der Waals surface area contributed by atoms with Gasteiger partial charge in [0.15, 0.2) is 10.8 Å². The highest BCUT2D eigenvalue weighted by molar-refractivity contribution is 7.15. The zero-order valence-corrected chi connectivity index (χ0v) is 12.2. The summed E-state index contributed by atoms with van der Waals surface area (Å²) in [5.41, 5.74) is 0.476. The van der Waals surface area contributed by atoms with Gasteiger partial charge in [-0.15, -0.1) is 11.3 Å². The lowest BCUT2D eigenvalue weighted by Crippen LogP contribution is -2.26. The molecule has 100 valence electrons. The smallest absolute Gasteiger partial charge is 0.358 e. The topological polar surface area (TPSA) is 42.4 Å². The molecule has 2 atom stereocenters. The average Bonchev–Trinajstić information content (AvgIpc) is 2.82. The van der Waals surface area contributed by atoms with Crippen LogP contribution in [0, 0.1) is 12.8 Å². The van der Waals surface area contributed by atoms with E-state index in [1.807, 2.05) is 13.8 Å². The van der Waals surface area contributed by atoms with Crippen molar-refractivity contribution in [3.05, 3.63) is 10.6 Å². The van der Waals surface area contributed by atoms with Gasteiger partial charge >= 0.3 is 5.97 Å². The van der Waals surface area contributed by atoms with Crippen LogP contribution in [0.4, 0.5) is 5.13 Å². The predicted octanol–water partition coefficient (Wildman–Crippen LogP) is 2.86. The van der Waals surface area contributed by atoms with Crippen molar-refractivity contribution >= 4 is 22.4 Å². The van der Waals surface area contributed by atoms with Crippen LogP contribution in [-0.4, -0.2) is 30.1 Å². The quantitative estimate of drug-likeness (QED) is 0.791. The molecule has 2 rings (SSSR count). The van der Waals surface area contributed by atoms with Crippen molar-refractivity contribution < 1.29 is 9.53 Å². The Labute approximate surface area is 112 Å². The maximum Gasteiger partial charge on any atom is 0.358 e. The van der Waals surface area contributed by atoms with E-state index in [-0.39, 0.29) is 5.97 Å². The summed E-state index contributed by atoms with van der Waals surface area (Å²) in [5, 5.41) is 0.951. The van der Waals surface area contributed by atoms with Gasteiger partial charge in [-0.1, -0.05) is 6.92 Å². The second-order valence-electron chi connectivity index (χ2n) is 4.96. The van der Waals surface area contributed by atoms with Gasteiger partial charge in [-0.05, 0) is 33.1 Å². The number of hydrogen-bond donors (Lipinski definition) is 0. The minimum absolute atomic E-state index is 0.308. The maximum atomic E-state index is 11.7. The van der Waals surface area contributed by atoms with Crippen LogP contribution < -0.4 is 4.90 Å². The molecule has 0 radical (unpaired) electrons. The Morgan fingerprint density at radius 1 is 1.56 bits per heavy atom. The Morgan fingerprint density at radius 3 is 2.83 bits per heavy atom. The molecule has 1 saturated heterocycles. The fraction of sp³-hybridized carbons (Fsp3) is 0.692. The van der Waals surface area contributed by atoms with Crippen LogP contribution in [0.15, 0.2) is 0 Å². The number of carbonyl (C=O) groups is 1. The van der Waals surface area contributed by atoms with Gasteiger partial charge in [0, 0.05) is 17.5 Å². The maximum absolute atomic E-state index is 11.7. The van der Waals surface area contributed by atoms with E-state index >= 15 is 0 Å². The first-order chi connectivity index (χ1) is 8.52. The second kappa shape index (κ2) is 5.26. The minimum atomic E-state index is -0.308. The van der Waals surface area contributed by atoms with E-state index < -0.39 is 0 Å². The fourth-order valence-corrected chi connectivity index (χ4v) is 3.47. The molecular weight excluding hydrogens is 248 g/mol. The number of nitrogens with zero attached hydrogens (tertiary/aromatic N) is 2. The number of aryl methyl sites for hydroxylation is 1. The number of hydrogen-bond acceptors (Lipinski definition) is 5. The van der Waals surface area contributed by atoms with Gasteiger partial charge in [-0.25, -0.2) is 9.78 Å². The molecule has 1 aromatic heterocycles. The van der Waals surface area contributed by atoms with Gasteiger partial charge in [0.1, 0.15) is 0 Å². The molecule has 0 saturated carbocycles. The third kappa shape index (κ3) is 2.51. The lowest BCUT2D eigenvalue weighted by atomic mass is 10.1. The zero-order valence-electron chi connectivity index (χ0n) is 11.4. The highest BCUT2D eigenvalue weighted by atomic mass is 32.1. The van der Waals surface area contributed by atoms with Gasteiger partial charge in [-0.3, -0.25) is 0 Å². The van der Waals surface area contributed by atoms with Crippen molar-refractivity contribution in [2.75, 3.05) is 18.1 Å². The minimum Gasteiger partial charge on any atom is -0.461 e. The van der Waals surface area contributed by atoms with Crippen LogP contribution in [0.5, 0.6) is 0 Å². The lowest BCUT2D eigenvalue weighted by molar-refractivity contribution is 0.0519. The molecule has 0 spiro atoms. The lowest BCUT2D eigenvalue weighted by Gasteiger charge is -2.19. The Morgan fingerprint density at radius 2 is 2.28 bits per heavy atom. The molecule has 2 heterocycles. The number of anilines is 1. The highest BCUT2D eigenvalue weighted by Crippen LogP contribution is 2.33. The molecular formula is C13H20N2O2S. The van der Waals surface area contributed by atoms with Crippen molar-refractivity contribution in [2.24, 2.45) is 5.92 Å². The second-order valence-corrected chi connectivity index (χ2v) is 6.15. The van der Waals surface area contributed by atoms with Gasteiger partial charge < -0.3 is 9.64 Å². The third-order valence-electron chi connectivity index (χ3n) is 3.28. The fourth-order valence-electron chi connectivity index (χ4n) is 2.46. The van der Waals surface area contributed by atoms with Gasteiger partial charge in [-0.2, -0.15) is 0 Å². The van der Waals surface area contributed by atoms with E-state index in [1.165, 1.54) is 6.42 Å². The molecule has 1 fully saturated rings. The number of thiazole rings is 1. The van der Waals surface area contributed by atoms with E-state index in [1.54, 1.807) is 11.3 Å². The van der Waals surface area contributed by atoms with Crippen molar-refractivity contribution in [3.63, 3.8) is 0 Å². The van der Waals surface area contributed by atoms with Crippen molar-refractivity contribution in [1.29, 1.82) is 0 Å². The summed E-state index contributed by atoms with van der Waals surface area (Å²) in [5.74, 6) is 0.382. The van der Waals surface area contributed by atoms with Crippen LogP contribution in [-0.2, 0) is 4.74 Å². The van der Waals surface area contributed by atoms with Crippen molar-refractivity contribution in [1.82, 2.24) is 4.98 Å². The van der Waals surface area contributed by atoms with Gasteiger partial charge in [0.2, 0.25) is 0 Å². The standard InChI is InChI=1S/C13H20N2O2S/c1-5-17-12(16)11-10(4)18-13(14-11)15-7-8(2)6-9(15)3/h8-9H,5-7H2,1-4H3. The Kier molecular flexibility index (Phi) is 3.90. The summed E-state index contributed by atoms with van der Waals surface area (Å²) in [6.45, 7) is 9.62. The molecule has 1 aliphatic rings. The molecule has 0 bridgehead atoms. The Hall–Kier alpha value is -1.10. The monoisotopic (exact) mass is 268 g/mol. The Bertz CT molecular complexity index is 444. The van der Waals surface area contributed by atoms with Gasteiger partial charge in [0.05, 0.1) is 6.61 Å². The molecule has 0 aliphatic carbocycles. The average molecular weight is 268 g/mol.